The lowest BCUT2D eigenvalue weighted by atomic mass is 10.2. The van der Waals surface area contributed by atoms with Gasteiger partial charge in [-0.25, -0.2) is 0 Å². The monoisotopic (exact) mass is 245 g/mol. The van der Waals surface area contributed by atoms with Gasteiger partial charge in [0.05, 0.1) is 17.9 Å². The summed E-state index contributed by atoms with van der Waals surface area (Å²) in [5.41, 5.74) is 2.04. The van der Waals surface area contributed by atoms with Crippen LogP contribution in [0.15, 0.2) is 47.8 Å². The fourth-order valence-corrected chi connectivity index (χ4v) is 1.95. The van der Waals surface area contributed by atoms with Crippen molar-refractivity contribution in [2.24, 2.45) is 0 Å². The average molecular weight is 245 g/mol. The molecule has 0 radical (unpaired) electrons. The lowest BCUT2D eigenvalue weighted by Crippen LogP contribution is -2.08. The first-order valence-corrected chi connectivity index (χ1v) is 6.68. The zero-order valence-electron chi connectivity index (χ0n) is 9.92. The van der Waals surface area contributed by atoms with Gasteiger partial charge in [-0.05, 0) is 37.4 Å². The molecule has 0 aliphatic carbocycles. The minimum Gasteiger partial charge on any atom is -0.377 e. The third kappa shape index (κ3) is 3.20. The van der Waals surface area contributed by atoms with Crippen LogP contribution in [0.2, 0.25) is 0 Å². The zero-order chi connectivity index (χ0) is 12.1. The molecule has 0 saturated heterocycles. The largest absolute Gasteiger partial charge is 0.377 e. The molecule has 4 heteroatoms. The summed E-state index contributed by atoms with van der Waals surface area (Å²) in [7, 11) is 0. The Morgan fingerprint density at radius 2 is 1.94 bits per heavy atom. The summed E-state index contributed by atoms with van der Waals surface area (Å²) in [4.78, 5) is 9.61. The van der Waals surface area contributed by atoms with E-state index in [2.05, 4.69) is 52.7 Å². The maximum absolute atomic E-state index is 4.28. The van der Waals surface area contributed by atoms with Gasteiger partial charge in [-0.15, -0.1) is 11.8 Å². The third-order valence-electron chi connectivity index (χ3n) is 2.50. The number of rotatable bonds is 4. The Kier molecular flexibility index (Phi) is 3.98. The summed E-state index contributed by atoms with van der Waals surface area (Å²) in [5.74, 6) is 0. The topological polar surface area (TPSA) is 37.8 Å². The summed E-state index contributed by atoms with van der Waals surface area (Å²) < 4.78 is 0. The van der Waals surface area contributed by atoms with Crippen LogP contribution in [0.4, 0.5) is 5.69 Å². The minimum atomic E-state index is 0.156. The van der Waals surface area contributed by atoms with E-state index < -0.39 is 0 Å². The molecule has 0 saturated carbocycles. The Bertz CT molecular complexity index is 456. The highest BCUT2D eigenvalue weighted by atomic mass is 32.2. The van der Waals surface area contributed by atoms with Crippen molar-refractivity contribution in [2.45, 2.75) is 17.9 Å². The fraction of sp³-hybridized carbons (Fsp3) is 0.231. The van der Waals surface area contributed by atoms with Crippen molar-refractivity contribution in [3.8, 4) is 0 Å². The third-order valence-corrected chi connectivity index (χ3v) is 3.24. The summed E-state index contributed by atoms with van der Waals surface area (Å²) >= 11 is 1.74. The van der Waals surface area contributed by atoms with Gasteiger partial charge in [0.25, 0.3) is 0 Å². The van der Waals surface area contributed by atoms with Gasteiger partial charge < -0.3 is 5.32 Å². The predicted octanol–water partition coefficient (Wildman–Crippen LogP) is 3.37. The Balaban J connectivity index is 2.05. The molecular formula is C13H15N3S. The molecule has 0 spiro atoms. The van der Waals surface area contributed by atoms with Crippen LogP contribution >= 0.6 is 11.8 Å². The Morgan fingerprint density at radius 3 is 2.53 bits per heavy atom. The molecule has 1 unspecified atom stereocenters. The number of anilines is 1. The number of aromatic nitrogens is 2. The molecule has 1 N–H and O–H groups in total. The quantitative estimate of drug-likeness (QED) is 0.838. The lowest BCUT2D eigenvalue weighted by molar-refractivity contribution is 0.827. The summed E-state index contributed by atoms with van der Waals surface area (Å²) in [6.45, 7) is 2.08. The number of hydrogen-bond donors (Lipinski definition) is 1. The summed E-state index contributed by atoms with van der Waals surface area (Å²) in [6.07, 6.45) is 7.26. The van der Waals surface area contributed by atoms with E-state index in [-0.39, 0.29) is 6.04 Å². The highest BCUT2D eigenvalue weighted by Crippen LogP contribution is 2.20. The van der Waals surface area contributed by atoms with Crippen molar-refractivity contribution in [2.75, 3.05) is 11.6 Å². The van der Waals surface area contributed by atoms with Crippen LogP contribution in [0.5, 0.6) is 0 Å². The highest BCUT2D eigenvalue weighted by Gasteiger charge is 2.06. The molecule has 2 aromatic rings. The van der Waals surface area contributed by atoms with Gasteiger partial charge in [-0.3, -0.25) is 9.97 Å². The second-order valence-corrected chi connectivity index (χ2v) is 4.60. The van der Waals surface area contributed by atoms with Crippen LogP contribution in [-0.4, -0.2) is 16.2 Å². The normalized spacial score (nSPS) is 12.1. The molecule has 0 aliphatic heterocycles. The molecule has 1 aromatic heterocycles. The van der Waals surface area contributed by atoms with E-state index in [1.165, 1.54) is 4.90 Å². The van der Waals surface area contributed by atoms with Crippen molar-refractivity contribution in [1.29, 1.82) is 0 Å². The van der Waals surface area contributed by atoms with Crippen LogP contribution in [0.1, 0.15) is 18.7 Å². The van der Waals surface area contributed by atoms with E-state index in [9.17, 15) is 0 Å². The van der Waals surface area contributed by atoms with Crippen molar-refractivity contribution in [1.82, 2.24) is 9.97 Å². The van der Waals surface area contributed by atoms with Crippen LogP contribution in [0.3, 0.4) is 0 Å². The minimum absolute atomic E-state index is 0.156. The van der Waals surface area contributed by atoms with Crippen LogP contribution < -0.4 is 5.32 Å². The average Bonchev–Trinajstić information content (AvgIpc) is 2.40. The maximum atomic E-state index is 4.28. The van der Waals surface area contributed by atoms with Crippen molar-refractivity contribution in [3.63, 3.8) is 0 Å². The second kappa shape index (κ2) is 5.68. The molecule has 0 fully saturated rings. The summed E-state index contributed by atoms with van der Waals surface area (Å²) in [6, 6.07) is 8.54. The van der Waals surface area contributed by atoms with Gasteiger partial charge in [-0.2, -0.15) is 0 Å². The number of nitrogens with zero attached hydrogens (tertiary/aromatic N) is 2. The molecular weight excluding hydrogens is 230 g/mol. The molecule has 3 nitrogen and oxygen atoms in total. The van der Waals surface area contributed by atoms with Crippen molar-refractivity contribution >= 4 is 17.4 Å². The van der Waals surface area contributed by atoms with Crippen molar-refractivity contribution < 1.29 is 0 Å². The van der Waals surface area contributed by atoms with Crippen LogP contribution in [0.25, 0.3) is 0 Å². The molecule has 0 aliphatic rings. The Labute approximate surface area is 106 Å². The first-order chi connectivity index (χ1) is 8.29. The van der Waals surface area contributed by atoms with Crippen molar-refractivity contribution in [3.05, 3.63) is 48.5 Å². The maximum Gasteiger partial charge on any atom is 0.0806 e. The first kappa shape index (κ1) is 11.9. The second-order valence-electron chi connectivity index (χ2n) is 3.72. The van der Waals surface area contributed by atoms with Gasteiger partial charge >= 0.3 is 0 Å². The van der Waals surface area contributed by atoms with Crippen LogP contribution in [-0.2, 0) is 0 Å². The van der Waals surface area contributed by atoms with E-state index in [1.54, 1.807) is 30.4 Å². The molecule has 17 heavy (non-hydrogen) atoms. The SMILES string of the molecule is CSc1ccc(NC(C)c2cnccn2)cc1. The smallest absolute Gasteiger partial charge is 0.0806 e. The van der Waals surface area contributed by atoms with E-state index in [4.69, 9.17) is 0 Å². The number of nitrogens with one attached hydrogen (secondary N) is 1. The molecule has 0 amide bonds. The molecule has 1 heterocycles. The molecule has 2 rings (SSSR count). The van der Waals surface area contributed by atoms with Gasteiger partial charge in [-0.1, -0.05) is 0 Å². The fourth-order valence-electron chi connectivity index (χ4n) is 1.55. The first-order valence-electron chi connectivity index (χ1n) is 5.46. The van der Waals surface area contributed by atoms with Crippen LogP contribution in [0, 0.1) is 0 Å². The van der Waals surface area contributed by atoms with Gasteiger partial charge in [0.2, 0.25) is 0 Å². The molecule has 1 aromatic carbocycles. The number of thioether (sulfide) groups is 1. The van der Waals surface area contributed by atoms with E-state index in [0.29, 0.717) is 0 Å². The molecule has 0 bridgehead atoms. The summed E-state index contributed by atoms with van der Waals surface area (Å²) in [5, 5.41) is 3.40. The standard InChI is InChI=1S/C13H15N3S/c1-10(13-9-14-7-8-15-13)16-11-3-5-12(17-2)6-4-11/h3-10,16H,1-2H3. The molecule has 88 valence electrons. The predicted molar refractivity (Wildman–Crippen MR) is 72.3 cm³/mol. The Hall–Kier alpha value is -1.55. The van der Waals surface area contributed by atoms with E-state index in [1.807, 2.05) is 0 Å². The number of hydrogen-bond acceptors (Lipinski definition) is 4. The zero-order valence-corrected chi connectivity index (χ0v) is 10.7. The lowest BCUT2D eigenvalue weighted by Gasteiger charge is -2.14. The Morgan fingerprint density at radius 1 is 1.18 bits per heavy atom. The van der Waals surface area contributed by atoms with E-state index in [0.717, 1.165) is 11.4 Å². The number of benzene rings is 1. The highest BCUT2D eigenvalue weighted by molar-refractivity contribution is 7.98. The van der Waals surface area contributed by atoms with Gasteiger partial charge in [0.15, 0.2) is 0 Å². The van der Waals surface area contributed by atoms with Gasteiger partial charge in [0, 0.05) is 23.0 Å². The molecule has 1 atom stereocenters. The van der Waals surface area contributed by atoms with E-state index >= 15 is 0 Å². The van der Waals surface area contributed by atoms with Gasteiger partial charge in [0.1, 0.15) is 0 Å².